The highest BCUT2D eigenvalue weighted by Crippen LogP contribution is 2.26. The third-order valence-corrected chi connectivity index (χ3v) is 6.76. The number of carbonyl (C=O) groups is 2. The van der Waals surface area contributed by atoms with E-state index in [4.69, 9.17) is 9.47 Å². The Balaban J connectivity index is 1.83. The summed E-state index contributed by atoms with van der Waals surface area (Å²) in [5, 5.41) is 0. The molecule has 0 aliphatic carbocycles. The molecule has 0 bridgehead atoms. The number of rotatable bonds is 12. The first-order chi connectivity index (χ1) is 15.8. The highest BCUT2D eigenvalue weighted by atomic mass is 32.2. The summed E-state index contributed by atoms with van der Waals surface area (Å²) in [5.74, 6) is 0.244. The largest absolute Gasteiger partial charge is 0.490 e. The van der Waals surface area contributed by atoms with Crippen LogP contribution in [0.15, 0.2) is 53.4 Å². The molecule has 0 spiro atoms. The van der Waals surface area contributed by atoms with Crippen LogP contribution in [0.2, 0.25) is 0 Å². The minimum atomic E-state index is -3.69. The van der Waals surface area contributed by atoms with Gasteiger partial charge in [0.25, 0.3) is 5.91 Å². The minimum Gasteiger partial charge on any atom is -0.490 e. The van der Waals surface area contributed by atoms with Crippen molar-refractivity contribution in [1.82, 2.24) is 15.2 Å². The lowest BCUT2D eigenvalue weighted by atomic mass is 10.2. The quantitative estimate of drug-likeness (QED) is 0.359. The van der Waals surface area contributed by atoms with E-state index in [9.17, 15) is 18.0 Å². The molecule has 0 atom stereocenters. The van der Waals surface area contributed by atoms with Gasteiger partial charge in [0, 0.05) is 25.1 Å². The van der Waals surface area contributed by atoms with Crippen LogP contribution in [0, 0.1) is 0 Å². The average molecular weight is 478 g/mol. The van der Waals surface area contributed by atoms with Gasteiger partial charge < -0.3 is 9.47 Å². The van der Waals surface area contributed by atoms with Crippen molar-refractivity contribution < 1.29 is 27.5 Å². The van der Waals surface area contributed by atoms with Gasteiger partial charge in [0.15, 0.2) is 11.5 Å². The number of ether oxygens (including phenoxy) is 2. The number of nitrogens with zero attached hydrogens (tertiary/aromatic N) is 1. The summed E-state index contributed by atoms with van der Waals surface area (Å²) in [6, 6.07) is 13.0. The maximum absolute atomic E-state index is 12.6. The van der Waals surface area contributed by atoms with E-state index >= 15 is 0 Å². The van der Waals surface area contributed by atoms with Crippen molar-refractivity contribution >= 4 is 21.8 Å². The average Bonchev–Trinajstić information content (AvgIpc) is 2.82. The van der Waals surface area contributed by atoms with E-state index in [2.05, 4.69) is 10.9 Å². The highest BCUT2D eigenvalue weighted by Gasteiger charge is 2.22. The van der Waals surface area contributed by atoms with E-state index in [1.807, 2.05) is 25.1 Å². The topological polar surface area (TPSA) is 114 Å². The fraction of sp³-hybridized carbons (Fsp3) is 0.391. The first-order valence-corrected chi connectivity index (χ1v) is 12.3. The Labute approximate surface area is 195 Å². The highest BCUT2D eigenvalue weighted by molar-refractivity contribution is 7.89. The van der Waals surface area contributed by atoms with Gasteiger partial charge >= 0.3 is 0 Å². The molecule has 0 unspecified atom stereocenters. The van der Waals surface area contributed by atoms with Crippen molar-refractivity contribution in [3.8, 4) is 11.5 Å². The molecule has 2 amide bonds. The lowest BCUT2D eigenvalue weighted by Gasteiger charge is -2.18. The number of nitrogens with one attached hydrogen (secondary N) is 2. The van der Waals surface area contributed by atoms with Crippen LogP contribution in [-0.4, -0.2) is 50.8 Å². The summed E-state index contributed by atoms with van der Waals surface area (Å²) in [6.07, 6.45) is 0.563. The van der Waals surface area contributed by atoms with E-state index in [1.54, 1.807) is 19.9 Å². The van der Waals surface area contributed by atoms with Crippen molar-refractivity contribution in [2.45, 2.75) is 38.5 Å². The number of amides is 2. The predicted molar refractivity (Wildman–Crippen MR) is 124 cm³/mol. The van der Waals surface area contributed by atoms with Gasteiger partial charge in [-0.25, -0.2) is 8.42 Å². The molecule has 2 N–H and O–H groups in total. The van der Waals surface area contributed by atoms with Crippen molar-refractivity contribution in [3.05, 3.63) is 54.1 Å². The van der Waals surface area contributed by atoms with E-state index < -0.39 is 21.8 Å². The SMILES string of the molecule is CCOc1ccccc1OCCCC(=O)NNC(=O)c1cccc(S(=O)(=O)N(CC)CC)c1. The summed E-state index contributed by atoms with van der Waals surface area (Å²) >= 11 is 0. The number of para-hydroxylation sites is 2. The number of carbonyl (C=O) groups excluding carboxylic acids is 2. The van der Waals surface area contributed by atoms with Crippen LogP contribution in [0.1, 0.15) is 44.0 Å². The van der Waals surface area contributed by atoms with Gasteiger partial charge in [-0.1, -0.05) is 32.0 Å². The van der Waals surface area contributed by atoms with Crippen LogP contribution in [0.3, 0.4) is 0 Å². The van der Waals surface area contributed by atoms with Crippen LogP contribution in [0.4, 0.5) is 0 Å². The van der Waals surface area contributed by atoms with Gasteiger partial charge in [-0.2, -0.15) is 4.31 Å². The number of sulfonamides is 1. The molecule has 33 heavy (non-hydrogen) atoms. The molecule has 0 radical (unpaired) electrons. The minimum absolute atomic E-state index is 0.0228. The number of hydrogen-bond donors (Lipinski definition) is 2. The van der Waals surface area contributed by atoms with E-state index in [1.165, 1.54) is 28.6 Å². The van der Waals surface area contributed by atoms with Gasteiger partial charge in [-0.15, -0.1) is 0 Å². The fourth-order valence-electron chi connectivity index (χ4n) is 3.03. The first kappa shape index (κ1) is 26.1. The molecule has 0 saturated heterocycles. The summed E-state index contributed by atoms with van der Waals surface area (Å²) in [6.45, 7) is 6.85. The Bertz CT molecular complexity index is 1040. The third-order valence-electron chi connectivity index (χ3n) is 4.71. The zero-order valence-corrected chi connectivity index (χ0v) is 20.0. The van der Waals surface area contributed by atoms with Gasteiger partial charge in [-0.3, -0.25) is 20.4 Å². The van der Waals surface area contributed by atoms with Gasteiger partial charge in [0.1, 0.15) is 0 Å². The van der Waals surface area contributed by atoms with Crippen molar-refractivity contribution in [2.24, 2.45) is 0 Å². The van der Waals surface area contributed by atoms with Crippen LogP contribution in [-0.2, 0) is 14.8 Å². The molecule has 0 aliphatic rings. The van der Waals surface area contributed by atoms with E-state index in [-0.39, 0.29) is 16.9 Å². The normalized spacial score (nSPS) is 11.2. The number of benzene rings is 2. The first-order valence-electron chi connectivity index (χ1n) is 10.9. The molecule has 2 rings (SSSR count). The number of hydrogen-bond acceptors (Lipinski definition) is 6. The second-order valence-corrected chi connectivity index (χ2v) is 8.89. The van der Waals surface area contributed by atoms with Gasteiger partial charge in [-0.05, 0) is 43.7 Å². The Morgan fingerprint density at radius 3 is 2.21 bits per heavy atom. The predicted octanol–water partition coefficient (Wildman–Crippen LogP) is 2.74. The molecule has 0 fully saturated rings. The van der Waals surface area contributed by atoms with Crippen molar-refractivity contribution in [1.29, 1.82) is 0 Å². The molecular formula is C23H31N3O6S. The van der Waals surface area contributed by atoms with E-state index in [0.29, 0.717) is 44.2 Å². The van der Waals surface area contributed by atoms with Crippen LogP contribution >= 0.6 is 0 Å². The Morgan fingerprint density at radius 1 is 0.909 bits per heavy atom. The molecule has 180 valence electrons. The molecule has 0 saturated carbocycles. The Hall–Kier alpha value is -3.11. The fourth-order valence-corrected chi connectivity index (χ4v) is 4.53. The lowest BCUT2D eigenvalue weighted by molar-refractivity contribution is -0.122. The second-order valence-electron chi connectivity index (χ2n) is 6.95. The van der Waals surface area contributed by atoms with Crippen molar-refractivity contribution in [3.63, 3.8) is 0 Å². The molecule has 9 nitrogen and oxygen atoms in total. The van der Waals surface area contributed by atoms with Crippen LogP contribution < -0.4 is 20.3 Å². The van der Waals surface area contributed by atoms with Crippen molar-refractivity contribution in [2.75, 3.05) is 26.3 Å². The molecular weight excluding hydrogens is 446 g/mol. The Kier molecular flexibility index (Phi) is 10.1. The van der Waals surface area contributed by atoms with Gasteiger partial charge in [0.2, 0.25) is 15.9 Å². The molecule has 2 aromatic rings. The summed E-state index contributed by atoms with van der Waals surface area (Å²) in [4.78, 5) is 24.4. The lowest BCUT2D eigenvalue weighted by Crippen LogP contribution is -2.41. The summed E-state index contributed by atoms with van der Waals surface area (Å²) < 4.78 is 37.7. The maximum atomic E-state index is 12.6. The monoisotopic (exact) mass is 477 g/mol. The van der Waals surface area contributed by atoms with Crippen LogP contribution in [0.5, 0.6) is 11.5 Å². The summed E-state index contributed by atoms with van der Waals surface area (Å²) in [7, 11) is -3.69. The van der Waals surface area contributed by atoms with Gasteiger partial charge in [0.05, 0.1) is 18.1 Å². The standard InChI is InChI=1S/C23H31N3O6S/c1-4-26(5-2)33(29,30)19-12-9-11-18(17-19)23(28)25-24-22(27)15-10-16-32-21-14-8-7-13-20(21)31-6-3/h7-9,11-14,17H,4-6,10,15-16H2,1-3H3,(H,24,27)(H,25,28). The molecule has 0 aliphatic heterocycles. The maximum Gasteiger partial charge on any atom is 0.269 e. The zero-order valence-electron chi connectivity index (χ0n) is 19.2. The van der Waals surface area contributed by atoms with E-state index in [0.717, 1.165) is 0 Å². The smallest absolute Gasteiger partial charge is 0.269 e. The number of hydrazine groups is 1. The molecule has 0 heterocycles. The second kappa shape index (κ2) is 12.8. The zero-order chi connectivity index (χ0) is 24.3. The van der Waals surface area contributed by atoms with Crippen LogP contribution in [0.25, 0.3) is 0 Å². The Morgan fingerprint density at radius 2 is 1.58 bits per heavy atom. The third kappa shape index (κ3) is 7.47. The summed E-state index contributed by atoms with van der Waals surface area (Å²) in [5.41, 5.74) is 4.77. The molecule has 0 aromatic heterocycles. The molecule has 10 heteroatoms. The molecule has 2 aromatic carbocycles.